The van der Waals surface area contributed by atoms with Gasteiger partial charge in [-0.2, -0.15) is 0 Å². The first-order valence-corrected chi connectivity index (χ1v) is 10.9. The first-order chi connectivity index (χ1) is 12.6. The zero-order valence-corrected chi connectivity index (χ0v) is 17.2. The summed E-state index contributed by atoms with van der Waals surface area (Å²) in [6, 6.07) is 2.09. The molecule has 0 N–H and O–H groups in total. The van der Waals surface area contributed by atoms with Crippen LogP contribution in [-0.2, 0) is 28.1 Å². The molecule has 0 radical (unpaired) electrons. The second-order valence-electron chi connectivity index (χ2n) is 5.45. The number of carbonyl (C=O) groups excluding carboxylic acids is 1. The predicted octanol–water partition coefficient (Wildman–Crippen LogP) is 4.52. The lowest BCUT2D eigenvalue weighted by molar-refractivity contribution is -0.142. The number of rotatable bonds is 8. The largest absolute Gasteiger partial charge is 0.466 e. The van der Waals surface area contributed by atoms with Gasteiger partial charge in [0.25, 0.3) is 5.89 Å². The van der Waals surface area contributed by atoms with Gasteiger partial charge in [0, 0.05) is 10.3 Å². The second-order valence-corrected chi connectivity index (χ2v) is 8.66. The number of ether oxygens (including phenoxy) is 1. The van der Waals surface area contributed by atoms with Gasteiger partial charge in [0.15, 0.2) is 4.34 Å². The van der Waals surface area contributed by atoms with Crippen LogP contribution in [0.15, 0.2) is 20.2 Å². The van der Waals surface area contributed by atoms with E-state index in [1.807, 2.05) is 5.38 Å². The van der Waals surface area contributed by atoms with E-state index in [-0.39, 0.29) is 12.4 Å². The SMILES string of the molecule is CCOC(=O)Cc1csc(SCc2nnc(-c3cc(C)c(CC)s3)o2)n1. The van der Waals surface area contributed by atoms with Crippen LogP contribution in [-0.4, -0.2) is 27.8 Å². The van der Waals surface area contributed by atoms with Gasteiger partial charge in [-0.1, -0.05) is 18.7 Å². The minimum absolute atomic E-state index is 0.201. The van der Waals surface area contributed by atoms with Crippen molar-refractivity contribution in [1.82, 2.24) is 15.2 Å². The van der Waals surface area contributed by atoms with Gasteiger partial charge >= 0.3 is 5.97 Å². The molecule has 26 heavy (non-hydrogen) atoms. The lowest BCUT2D eigenvalue weighted by atomic mass is 10.2. The average molecular weight is 410 g/mol. The molecule has 0 saturated carbocycles. The third-order valence-electron chi connectivity index (χ3n) is 3.50. The van der Waals surface area contributed by atoms with Crippen molar-refractivity contribution in [3.8, 4) is 10.8 Å². The Morgan fingerprint density at radius 1 is 1.35 bits per heavy atom. The molecule has 0 aliphatic rings. The summed E-state index contributed by atoms with van der Waals surface area (Å²) in [6.07, 6.45) is 1.21. The van der Waals surface area contributed by atoms with Crippen molar-refractivity contribution in [2.24, 2.45) is 0 Å². The van der Waals surface area contributed by atoms with E-state index in [2.05, 4.69) is 35.1 Å². The molecule has 0 aromatic carbocycles. The lowest BCUT2D eigenvalue weighted by Crippen LogP contribution is -2.07. The number of aromatic nitrogens is 3. The molecule has 9 heteroatoms. The normalized spacial score (nSPS) is 11.0. The quantitative estimate of drug-likeness (QED) is 0.400. The van der Waals surface area contributed by atoms with Crippen molar-refractivity contribution >= 4 is 40.4 Å². The third-order valence-corrected chi connectivity index (χ3v) is 6.92. The minimum atomic E-state index is -0.256. The van der Waals surface area contributed by atoms with E-state index in [9.17, 15) is 4.79 Å². The van der Waals surface area contributed by atoms with Gasteiger partial charge in [0.1, 0.15) is 0 Å². The van der Waals surface area contributed by atoms with Crippen LogP contribution in [0.1, 0.15) is 35.9 Å². The molecule has 3 aromatic heterocycles. The Morgan fingerprint density at radius 3 is 2.92 bits per heavy atom. The van der Waals surface area contributed by atoms with E-state index in [0.717, 1.165) is 21.3 Å². The number of thioether (sulfide) groups is 1. The number of carbonyl (C=O) groups is 1. The minimum Gasteiger partial charge on any atom is -0.466 e. The molecule has 6 nitrogen and oxygen atoms in total. The standard InChI is InChI=1S/C17H19N3O3S3/c1-4-12-10(3)6-13(26-12)16-20-19-14(23-16)9-25-17-18-11(8-24-17)7-15(21)22-5-2/h6,8H,4-5,7,9H2,1-3H3. The van der Waals surface area contributed by atoms with Gasteiger partial charge in [-0.3, -0.25) is 4.79 Å². The Kier molecular flexibility index (Phi) is 6.44. The van der Waals surface area contributed by atoms with Crippen LogP contribution in [0.25, 0.3) is 10.8 Å². The first kappa shape index (κ1) is 19.1. The Labute approximate surface area is 164 Å². The molecule has 3 heterocycles. The topological polar surface area (TPSA) is 78.1 Å². The molecule has 0 amide bonds. The molecule has 0 saturated heterocycles. The molecule has 0 bridgehead atoms. The number of hydrogen-bond donors (Lipinski definition) is 0. The zero-order valence-electron chi connectivity index (χ0n) is 14.8. The molecule has 0 atom stereocenters. The van der Waals surface area contributed by atoms with Crippen LogP contribution in [0.5, 0.6) is 0 Å². The van der Waals surface area contributed by atoms with Crippen molar-refractivity contribution in [2.75, 3.05) is 6.61 Å². The fourth-order valence-corrected chi connectivity index (χ4v) is 5.02. The van der Waals surface area contributed by atoms with Crippen LogP contribution in [0.4, 0.5) is 0 Å². The van der Waals surface area contributed by atoms with Gasteiger partial charge in [-0.05, 0) is 31.9 Å². The number of hydrogen-bond acceptors (Lipinski definition) is 9. The summed E-state index contributed by atoms with van der Waals surface area (Å²) in [7, 11) is 0. The Morgan fingerprint density at radius 2 is 2.19 bits per heavy atom. The van der Waals surface area contributed by atoms with E-state index < -0.39 is 0 Å². The number of thiazole rings is 1. The fraction of sp³-hybridized carbons (Fsp3) is 0.412. The second kappa shape index (κ2) is 8.79. The van der Waals surface area contributed by atoms with E-state index in [0.29, 0.717) is 24.1 Å². The van der Waals surface area contributed by atoms with Gasteiger partial charge in [0.05, 0.1) is 29.4 Å². The van der Waals surface area contributed by atoms with Crippen molar-refractivity contribution < 1.29 is 13.9 Å². The van der Waals surface area contributed by atoms with E-state index in [1.54, 1.807) is 18.3 Å². The van der Waals surface area contributed by atoms with Crippen LogP contribution in [0.2, 0.25) is 0 Å². The maximum atomic E-state index is 11.5. The van der Waals surface area contributed by atoms with E-state index in [4.69, 9.17) is 9.15 Å². The summed E-state index contributed by atoms with van der Waals surface area (Å²) >= 11 is 4.71. The Bertz CT molecular complexity index is 885. The molecule has 0 aliphatic carbocycles. The van der Waals surface area contributed by atoms with Gasteiger partial charge in [0.2, 0.25) is 5.89 Å². The first-order valence-electron chi connectivity index (χ1n) is 8.23. The smallest absolute Gasteiger partial charge is 0.311 e. The third kappa shape index (κ3) is 4.72. The summed E-state index contributed by atoms with van der Waals surface area (Å²) in [4.78, 5) is 18.3. The molecule has 138 valence electrons. The summed E-state index contributed by atoms with van der Waals surface area (Å²) in [6.45, 7) is 6.41. The molecule has 0 spiro atoms. The molecule has 3 rings (SSSR count). The van der Waals surface area contributed by atoms with Crippen molar-refractivity contribution in [3.63, 3.8) is 0 Å². The zero-order chi connectivity index (χ0) is 18.5. The maximum absolute atomic E-state index is 11.5. The van der Waals surface area contributed by atoms with Gasteiger partial charge < -0.3 is 9.15 Å². The number of nitrogens with zero attached hydrogens (tertiary/aromatic N) is 3. The highest BCUT2D eigenvalue weighted by molar-refractivity contribution is 8.00. The molecular weight excluding hydrogens is 390 g/mol. The average Bonchev–Trinajstić information content (AvgIpc) is 3.32. The number of esters is 1. The summed E-state index contributed by atoms with van der Waals surface area (Å²) < 4.78 is 11.6. The molecular formula is C17H19N3O3S3. The maximum Gasteiger partial charge on any atom is 0.311 e. The number of aryl methyl sites for hydroxylation is 2. The van der Waals surface area contributed by atoms with Crippen LogP contribution in [0, 0.1) is 6.92 Å². The van der Waals surface area contributed by atoms with Gasteiger partial charge in [-0.25, -0.2) is 4.98 Å². The monoisotopic (exact) mass is 409 g/mol. The summed E-state index contributed by atoms with van der Waals surface area (Å²) in [5, 5.41) is 10.2. The van der Waals surface area contributed by atoms with Crippen molar-refractivity contribution in [1.29, 1.82) is 0 Å². The molecule has 0 unspecified atom stereocenters. The predicted molar refractivity (Wildman–Crippen MR) is 104 cm³/mol. The Hall–Kier alpha value is -1.71. The number of thiophene rings is 1. The summed E-state index contributed by atoms with van der Waals surface area (Å²) in [5.74, 6) is 1.42. The van der Waals surface area contributed by atoms with Crippen LogP contribution < -0.4 is 0 Å². The highest BCUT2D eigenvalue weighted by atomic mass is 32.2. The summed E-state index contributed by atoms with van der Waals surface area (Å²) in [5.41, 5.74) is 1.99. The van der Waals surface area contributed by atoms with E-state index in [1.165, 1.54) is 33.5 Å². The molecule has 3 aromatic rings. The van der Waals surface area contributed by atoms with Crippen LogP contribution >= 0.6 is 34.4 Å². The molecule has 0 aliphatic heterocycles. The lowest BCUT2D eigenvalue weighted by Gasteiger charge is -1.97. The van der Waals surface area contributed by atoms with E-state index >= 15 is 0 Å². The van der Waals surface area contributed by atoms with Crippen molar-refractivity contribution in [3.05, 3.63) is 33.5 Å². The Balaban J connectivity index is 1.58. The fourth-order valence-electron chi connectivity index (χ4n) is 2.31. The highest BCUT2D eigenvalue weighted by Gasteiger charge is 2.14. The van der Waals surface area contributed by atoms with Gasteiger partial charge in [-0.15, -0.1) is 32.9 Å². The van der Waals surface area contributed by atoms with Crippen LogP contribution in [0.3, 0.4) is 0 Å². The molecule has 0 fully saturated rings. The van der Waals surface area contributed by atoms with Crippen molar-refractivity contribution in [2.45, 2.75) is 43.7 Å². The highest BCUT2D eigenvalue weighted by Crippen LogP contribution is 2.32.